The quantitative estimate of drug-likeness (QED) is 0.540. The van der Waals surface area contributed by atoms with Crippen LogP contribution >= 0.6 is 0 Å². The third-order valence-corrected chi connectivity index (χ3v) is 5.31. The Morgan fingerprint density at radius 3 is 2.39 bits per heavy atom. The number of rotatable bonds is 10. The van der Waals surface area contributed by atoms with Gasteiger partial charge in [-0.05, 0) is 57.0 Å². The molecule has 2 aromatic rings. The van der Waals surface area contributed by atoms with Crippen LogP contribution in [0.3, 0.4) is 0 Å². The van der Waals surface area contributed by atoms with E-state index in [1.165, 1.54) is 0 Å². The first-order valence-corrected chi connectivity index (χ1v) is 10.5. The monoisotopic (exact) mass is 428 g/mol. The molecular weight excluding hydrogens is 394 g/mol. The van der Waals surface area contributed by atoms with E-state index in [0.717, 1.165) is 27.3 Å². The molecule has 7 nitrogen and oxygen atoms in total. The summed E-state index contributed by atoms with van der Waals surface area (Å²) < 4.78 is 11.0. The average Bonchev–Trinajstić information content (AvgIpc) is 2.75. The fourth-order valence-corrected chi connectivity index (χ4v) is 3.31. The van der Waals surface area contributed by atoms with Crippen molar-refractivity contribution in [3.05, 3.63) is 53.1 Å². The van der Waals surface area contributed by atoms with E-state index in [-0.39, 0.29) is 24.4 Å². The van der Waals surface area contributed by atoms with Gasteiger partial charge in [-0.3, -0.25) is 9.59 Å². The second-order valence-corrected chi connectivity index (χ2v) is 7.70. The average molecular weight is 429 g/mol. The SMILES string of the molecule is CCOc1ccc(C[NH+](C)[C@H](C)C(=O)NCC(=O)Nc2c(C)cccc2C)cc1OC. The highest BCUT2D eigenvalue weighted by molar-refractivity contribution is 5.96. The predicted octanol–water partition coefficient (Wildman–Crippen LogP) is 1.87. The first-order chi connectivity index (χ1) is 14.8. The molecule has 0 heterocycles. The van der Waals surface area contributed by atoms with E-state index >= 15 is 0 Å². The summed E-state index contributed by atoms with van der Waals surface area (Å²) in [5.74, 6) is 0.957. The molecule has 0 saturated heterocycles. The van der Waals surface area contributed by atoms with Crippen molar-refractivity contribution in [2.75, 3.05) is 32.6 Å². The Hall–Kier alpha value is -3.06. The molecule has 1 unspecified atom stereocenters. The van der Waals surface area contributed by atoms with E-state index in [2.05, 4.69) is 10.6 Å². The Morgan fingerprint density at radius 2 is 1.77 bits per heavy atom. The Bertz CT molecular complexity index is 893. The Labute approximate surface area is 184 Å². The third-order valence-electron chi connectivity index (χ3n) is 5.31. The molecule has 2 aromatic carbocycles. The lowest BCUT2D eigenvalue weighted by molar-refractivity contribution is -0.908. The molecule has 0 saturated carbocycles. The fraction of sp³-hybridized carbons (Fsp3) is 0.417. The maximum atomic E-state index is 12.6. The number of ether oxygens (including phenoxy) is 2. The van der Waals surface area contributed by atoms with E-state index < -0.39 is 0 Å². The molecule has 0 aliphatic carbocycles. The van der Waals surface area contributed by atoms with Gasteiger partial charge in [0.2, 0.25) is 5.91 Å². The summed E-state index contributed by atoms with van der Waals surface area (Å²) in [6, 6.07) is 11.3. The summed E-state index contributed by atoms with van der Waals surface area (Å²) in [5, 5.41) is 5.62. The van der Waals surface area contributed by atoms with Gasteiger partial charge in [0.15, 0.2) is 17.5 Å². The van der Waals surface area contributed by atoms with Gasteiger partial charge in [-0.15, -0.1) is 0 Å². The zero-order chi connectivity index (χ0) is 23.0. The molecule has 0 radical (unpaired) electrons. The van der Waals surface area contributed by atoms with Crippen LogP contribution in [0.5, 0.6) is 11.5 Å². The van der Waals surface area contributed by atoms with E-state index in [4.69, 9.17) is 9.47 Å². The number of amides is 2. The highest BCUT2D eigenvalue weighted by atomic mass is 16.5. The first kappa shape index (κ1) is 24.2. The predicted molar refractivity (Wildman–Crippen MR) is 122 cm³/mol. The first-order valence-electron chi connectivity index (χ1n) is 10.5. The van der Waals surface area contributed by atoms with Gasteiger partial charge in [0.25, 0.3) is 5.91 Å². The second kappa shape index (κ2) is 11.4. The highest BCUT2D eigenvalue weighted by Crippen LogP contribution is 2.27. The van der Waals surface area contributed by atoms with Crippen molar-refractivity contribution in [2.45, 2.75) is 40.3 Å². The van der Waals surface area contributed by atoms with Gasteiger partial charge >= 0.3 is 0 Å². The smallest absolute Gasteiger partial charge is 0.278 e. The molecule has 2 amide bonds. The second-order valence-electron chi connectivity index (χ2n) is 7.70. The number of quaternary nitrogens is 1. The summed E-state index contributed by atoms with van der Waals surface area (Å²) in [4.78, 5) is 25.9. The number of methoxy groups -OCH3 is 1. The van der Waals surface area contributed by atoms with Crippen LogP contribution in [-0.2, 0) is 16.1 Å². The van der Waals surface area contributed by atoms with Crippen molar-refractivity contribution in [1.82, 2.24) is 5.32 Å². The number of aryl methyl sites for hydroxylation is 2. The number of nitrogens with one attached hydrogen (secondary N) is 3. The maximum Gasteiger partial charge on any atom is 0.278 e. The van der Waals surface area contributed by atoms with E-state index in [1.807, 2.05) is 71.1 Å². The summed E-state index contributed by atoms with van der Waals surface area (Å²) in [5.41, 5.74) is 3.80. The topological polar surface area (TPSA) is 81.1 Å². The van der Waals surface area contributed by atoms with Crippen LogP contribution in [0.15, 0.2) is 36.4 Å². The standard InChI is InChI=1S/C24H33N3O4/c1-7-31-20-12-11-19(13-21(20)30-6)15-27(5)18(4)24(29)25-14-22(28)26-23-16(2)9-8-10-17(23)3/h8-13,18H,7,14-15H2,1-6H3,(H,25,29)(H,26,28)/p+1/t18-/m1/s1. The summed E-state index contributed by atoms with van der Waals surface area (Å²) in [7, 11) is 3.56. The van der Waals surface area contributed by atoms with Crippen LogP contribution in [0, 0.1) is 13.8 Å². The van der Waals surface area contributed by atoms with Gasteiger partial charge in [-0.25, -0.2) is 0 Å². The molecule has 0 aliphatic heterocycles. The number of benzene rings is 2. The van der Waals surface area contributed by atoms with Crippen LogP contribution in [0.25, 0.3) is 0 Å². The number of likely N-dealkylation sites (N-methyl/N-ethyl adjacent to an activating group) is 1. The van der Waals surface area contributed by atoms with E-state index in [0.29, 0.717) is 24.7 Å². The molecule has 7 heteroatoms. The van der Waals surface area contributed by atoms with Gasteiger partial charge < -0.3 is 25.0 Å². The van der Waals surface area contributed by atoms with Gasteiger partial charge in [-0.2, -0.15) is 0 Å². The van der Waals surface area contributed by atoms with Crippen LogP contribution < -0.4 is 25.0 Å². The van der Waals surface area contributed by atoms with Gasteiger partial charge in [0, 0.05) is 11.3 Å². The molecular formula is C24H34N3O4+. The van der Waals surface area contributed by atoms with Crippen LogP contribution in [0.2, 0.25) is 0 Å². The van der Waals surface area contributed by atoms with Crippen molar-refractivity contribution in [2.24, 2.45) is 0 Å². The van der Waals surface area contributed by atoms with Crippen molar-refractivity contribution < 1.29 is 24.0 Å². The normalized spacial score (nSPS) is 12.6. The Balaban J connectivity index is 1.90. The van der Waals surface area contributed by atoms with E-state index in [1.54, 1.807) is 7.11 Å². The van der Waals surface area contributed by atoms with Crippen molar-refractivity contribution in [1.29, 1.82) is 0 Å². The summed E-state index contributed by atoms with van der Waals surface area (Å²) in [6.07, 6.45) is 0. The Kier molecular flexibility index (Phi) is 8.88. The number of para-hydroxylation sites is 1. The molecule has 0 fully saturated rings. The molecule has 31 heavy (non-hydrogen) atoms. The number of hydrogen-bond acceptors (Lipinski definition) is 4. The van der Waals surface area contributed by atoms with Crippen molar-refractivity contribution >= 4 is 17.5 Å². The lowest BCUT2D eigenvalue weighted by atomic mass is 10.1. The third kappa shape index (κ3) is 6.72. The summed E-state index contributed by atoms with van der Waals surface area (Å²) in [6.45, 7) is 8.78. The summed E-state index contributed by atoms with van der Waals surface area (Å²) >= 11 is 0. The van der Waals surface area contributed by atoms with Crippen molar-refractivity contribution in [3.63, 3.8) is 0 Å². The number of carbonyl (C=O) groups excluding carboxylic acids is 2. The van der Waals surface area contributed by atoms with Crippen LogP contribution in [-0.4, -0.2) is 45.2 Å². The van der Waals surface area contributed by atoms with Crippen LogP contribution in [0.4, 0.5) is 5.69 Å². The zero-order valence-electron chi connectivity index (χ0n) is 19.3. The van der Waals surface area contributed by atoms with Gasteiger partial charge in [-0.1, -0.05) is 18.2 Å². The minimum Gasteiger partial charge on any atom is -0.493 e. The lowest BCUT2D eigenvalue weighted by Crippen LogP contribution is -3.12. The molecule has 3 N–H and O–H groups in total. The minimum absolute atomic E-state index is 0.0683. The number of carbonyl (C=O) groups is 2. The molecule has 168 valence electrons. The van der Waals surface area contributed by atoms with E-state index in [9.17, 15) is 9.59 Å². The molecule has 0 aromatic heterocycles. The Morgan fingerprint density at radius 1 is 1.10 bits per heavy atom. The van der Waals surface area contributed by atoms with Crippen molar-refractivity contribution in [3.8, 4) is 11.5 Å². The molecule has 0 spiro atoms. The molecule has 0 aliphatic rings. The highest BCUT2D eigenvalue weighted by Gasteiger charge is 2.23. The van der Waals surface area contributed by atoms with Crippen LogP contribution in [0.1, 0.15) is 30.5 Å². The number of hydrogen-bond donors (Lipinski definition) is 3. The largest absolute Gasteiger partial charge is 0.493 e. The van der Waals surface area contributed by atoms with Gasteiger partial charge in [0.05, 0.1) is 27.3 Å². The maximum absolute atomic E-state index is 12.6. The molecule has 0 bridgehead atoms. The minimum atomic E-state index is -0.328. The van der Waals surface area contributed by atoms with Gasteiger partial charge in [0.1, 0.15) is 6.54 Å². The lowest BCUT2D eigenvalue weighted by Gasteiger charge is -2.21. The fourth-order valence-electron chi connectivity index (χ4n) is 3.31. The molecule has 2 atom stereocenters. The zero-order valence-corrected chi connectivity index (χ0v) is 19.3. The number of anilines is 1. The molecule has 2 rings (SSSR count).